The number of carbonyl (C=O) groups is 1. The molecular formula is C19H19F3N6O. The summed E-state index contributed by atoms with van der Waals surface area (Å²) in [7, 11) is 0. The number of aromatic amines is 1. The number of nitrogens with zero attached hydrogens (tertiary/aromatic N) is 5. The zero-order valence-electron chi connectivity index (χ0n) is 15.4. The molecule has 1 amide bonds. The van der Waals surface area contributed by atoms with Crippen molar-refractivity contribution >= 4 is 11.4 Å². The Morgan fingerprint density at radius 1 is 1.28 bits per heavy atom. The lowest BCUT2D eigenvalue weighted by molar-refractivity contribution is -0.167. The molecule has 7 nitrogen and oxygen atoms in total. The van der Waals surface area contributed by atoms with Crippen LogP contribution in [0.2, 0.25) is 0 Å². The molecule has 1 saturated heterocycles. The highest BCUT2D eigenvalue weighted by molar-refractivity contribution is 5.81. The van der Waals surface area contributed by atoms with Crippen molar-refractivity contribution in [2.45, 2.75) is 18.6 Å². The topological polar surface area (TPSA) is 69.5 Å². The second kappa shape index (κ2) is 6.58. The molecule has 1 atom stereocenters. The van der Waals surface area contributed by atoms with Gasteiger partial charge in [-0.1, -0.05) is 6.07 Å². The second-order valence-corrected chi connectivity index (χ2v) is 7.60. The van der Waals surface area contributed by atoms with Crippen molar-refractivity contribution in [2.24, 2.45) is 5.92 Å². The SMILES string of the molecule is O=C(C1CN(CC(F)(F)F)C1)N1CCc2[nH]cnc2C1c1cc2ccccn2n1. The summed E-state index contributed by atoms with van der Waals surface area (Å²) in [5.74, 6) is -0.573. The zero-order valence-corrected chi connectivity index (χ0v) is 15.4. The molecule has 152 valence electrons. The first-order valence-electron chi connectivity index (χ1n) is 9.45. The quantitative estimate of drug-likeness (QED) is 0.725. The maximum atomic E-state index is 13.2. The molecular weight excluding hydrogens is 385 g/mol. The van der Waals surface area contributed by atoms with E-state index in [9.17, 15) is 18.0 Å². The lowest BCUT2D eigenvalue weighted by Crippen LogP contribution is -2.57. The fourth-order valence-electron chi connectivity index (χ4n) is 4.25. The first kappa shape index (κ1) is 18.2. The standard InChI is InChI=1S/C19H19F3N6O/c20-19(21,22)10-26-8-12(9-26)18(29)27-6-4-14-16(24-11-23-14)17(27)15-7-13-3-1-2-5-28(13)25-15/h1-3,5,7,11-12,17H,4,6,8-10H2,(H,23,24). The number of H-pyrrole nitrogens is 1. The number of hydrogen-bond donors (Lipinski definition) is 1. The summed E-state index contributed by atoms with van der Waals surface area (Å²) < 4.78 is 39.4. The normalized spacial score (nSPS) is 20.7. The van der Waals surface area contributed by atoms with Crippen LogP contribution in [0.15, 0.2) is 36.8 Å². The van der Waals surface area contributed by atoms with E-state index in [0.717, 1.165) is 16.9 Å². The summed E-state index contributed by atoms with van der Waals surface area (Å²) in [4.78, 5) is 23.7. The van der Waals surface area contributed by atoms with E-state index in [2.05, 4.69) is 15.1 Å². The van der Waals surface area contributed by atoms with Crippen LogP contribution >= 0.6 is 0 Å². The van der Waals surface area contributed by atoms with Crippen LogP contribution in [0.25, 0.3) is 5.52 Å². The first-order chi connectivity index (χ1) is 13.9. The number of alkyl halides is 3. The maximum Gasteiger partial charge on any atom is 0.401 e. The fraction of sp³-hybridized carbons (Fsp3) is 0.421. The van der Waals surface area contributed by atoms with Gasteiger partial charge in [0, 0.05) is 37.9 Å². The first-order valence-corrected chi connectivity index (χ1v) is 9.45. The van der Waals surface area contributed by atoms with E-state index in [4.69, 9.17) is 0 Å². The van der Waals surface area contributed by atoms with Crippen LogP contribution in [0.3, 0.4) is 0 Å². The molecule has 2 aliphatic rings. The van der Waals surface area contributed by atoms with Crippen LogP contribution in [-0.4, -0.2) is 67.6 Å². The summed E-state index contributed by atoms with van der Waals surface area (Å²) in [6.45, 7) is -0.251. The molecule has 3 aromatic heterocycles. The molecule has 0 aromatic carbocycles. The van der Waals surface area contributed by atoms with E-state index >= 15 is 0 Å². The van der Waals surface area contributed by atoms with E-state index < -0.39 is 24.7 Å². The molecule has 0 aliphatic carbocycles. The third-order valence-electron chi connectivity index (χ3n) is 5.59. The lowest BCUT2D eigenvalue weighted by Gasteiger charge is -2.43. The number of carbonyl (C=O) groups excluding carboxylic acids is 1. The molecule has 2 aliphatic heterocycles. The third-order valence-corrected chi connectivity index (χ3v) is 5.59. The number of rotatable bonds is 3. The molecule has 1 fully saturated rings. The molecule has 0 radical (unpaired) electrons. The van der Waals surface area contributed by atoms with Crippen LogP contribution in [0.5, 0.6) is 0 Å². The average Bonchev–Trinajstić information content (AvgIpc) is 3.28. The van der Waals surface area contributed by atoms with Gasteiger partial charge in [-0.3, -0.25) is 9.69 Å². The van der Waals surface area contributed by atoms with E-state index in [1.807, 2.05) is 30.5 Å². The highest BCUT2D eigenvalue weighted by Crippen LogP contribution is 2.35. The fourth-order valence-corrected chi connectivity index (χ4v) is 4.25. The number of nitrogens with one attached hydrogen (secondary N) is 1. The van der Waals surface area contributed by atoms with Gasteiger partial charge in [-0.05, 0) is 18.2 Å². The number of aromatic nitrogens is 4. The number of amides is 1. The summed E-state index contributed by atoms with van der Waals surface area (Å²) >= 11 is 0. The van der Waals surface area contributed by atoms with Gasteiger partial charge in [0.05, 0.1) is 35.7 Å². The van der Waals surface area contributed by atoms with Gasteiger partial charge in [-0.25, -0.2) is 9.50 Å². The van der Waals surface area contributed by atoms with Gasteiger partial charge in [0.15, 0.2) is 0 Å². The highest BCUT2D eigenvalue weighted by atomic mass is 19.4. The predicted molar refractivity (Wildman–Crippen MR) is 97.0 cm³/mol. The monoisotopic (exact) mass is 404 g/mol. The zero-order chi connectivity index (χ0) is 20.2. The molecule has 29 heavy (non-hydrogen) atoms. The number of halogens is 3. The Labute approximate surface area is 164 Å². The molecule has 3 aromatic rings. The van der Waals surface area contributed by atoms with Crippen molar-refractivity contribution < 1.29 is 18.0 Å². The Kier molecular flexibility index (Phi) is 4.12. The summed E-state index contributed by atoms with van der Waals surface area (Å²) in [5.41, 5.74) is 3.31. The molecule has 0 bridgehead atoms. The van der Waals surface area contributed by atoms with E-state index in [0.29, 0.717) is 18.7 Å². The number of fused-ring (bicyclic) bond motifs is 2. The van der Waals surface area contributed by atoms with Gasteiger partial charge in [0.25, 0.3) is 0 Å². The van der Waals surface area contributed by atoms with Gasteiger partial charge < -0.3 is 9.88 Å². The minimum atomic E-state index is -4.25. The van der Waals surface area contributed by atoms with Crippen molar-refractivity contribution in [3.63, 3.8) is 0 Å². The summed E-state index contributed by atoms with van der Waals surface area (Å²) in [6.07, 6.45) is -0.178. The van der Waals surface area contributed by atoms with Crippen molar-refractivity contribution in [2.75, 3.05) is 26.2 Å². The van der Waals surface area contributed by atoms with Gasteiger partial charge in [-0.15, -0.1) is 0 Å². The van der Waals surface area contributed by atoms with E-state index in [-0.39, 0.29) is 19.0 Å². The van der Waals surface area contributed by atoms with Crippen LogP contribution < -0.4 is 0 Å². The Morgan fingerprint density at radius 3 is 2.86 bits per heavy atom. The van der Waals surface area contributed by atoms with Gasteiger partial charge in [-0.2, -0.15) is 18.3 Å². The Balaban J connectivity index is 1.42. The van der Waals surface area contributed by atoms with Crippen LogP contribution in [-0.2, 0) is 11.2 Å². The van der Waals surface area contributed by atoms with Crippen molar-refractivity contribution in [3.05, 3.63) is 53.9 Å². The van der Waals surface area contributed by atoms with Crippen LogP contribution in [0, 0.1) is 5.92 Å². The number of imidazole rings is 1. The van der Waals surface area contributed by atoms with Gasteiger partial charge in [0.2, 0.25) is 5.91 Å². The molecule has 1 N–H and O–H groups in total. The Morgan fingerprint density at radius 2 is 2.10 bits per heavy atom. The molecule has 5 rings (SSSR count). The molecule has 10 heteroatoms. The average molecular weight is 404 g/mol. The van der Waals surface area contributed by atoms with Crippen LogP contribution in [0.4, 0.5) is 13.2 Å². The van der Waals surface area contributed by atoms with E-state index in [1.165, 1.54) is 4.90 Å². The van der Waals surface area contributed by atoms with Crippen molar-refractivity contribution in [3.8, 4) is 0 Å². The van der Waals surface area contributed by atoms with Gasteiger partial charge >= 0.3 is 6.18 Å². The summed E-state index contributed by atoms with van der Waals surface area (Å²) in [5, 5.41) is 4.62. The number of pyridine rings is 1. The Bertz CT molecular complexity index is 1020. The number of hydrogen-bond acceptors (Lipinski definition) is 4. The molecule has 0 saturated carbocycles. The molecule has 0 spiro atoms. The smallest absolute Gasteiger partial charge is 0.348 e. The predicted octanol–water partition coefficient (Wildman–Crippen LogP) is 2.03. The van der Waals surface area contributed by atoms with E-state index in [1.54, 1.807) is 15.7 Å². The molecule has 5 heterocycles. The number of likely N-dealkylation sites (tertiary alicyclic amines) is 1. The highest BCUT2D eigenvalue weighted by Gasteiger charge is 2.44. The Hall–Kier alpha value is -2.88. The third kappa shape index (κ3) is 3.27. The molecule has 1 unspecified atom stereocenters. The second-order valence-electron chi connectivity index (χ2n) is 7.60. The summed E-state index contributed by atoms with van der Waals surface area (Å²) in [6, 6.07) is 7.18. The van der Waals surface area contributed by atoms with Crippen molar-refractivity contribution in [1.29, 1.82) is 0 Å². The van der Waals surface area contributed by atoms with Gasteiger partial charge in [0.1, 0.15) is 6.04 Å². The maximum absolute atomic E-state index is 13.2. The minimum Gasteiger partial charge on any atom is -0.348 e. The largest absolute Gasteiger partial charge is 0.401 e. The minimum absolute atomic E-state index is 0.125. The van der Waals surface area contributed by atoms with Crippen molar-refractivity contribution in [1.82, 2.24) is 29.4 Å². The van der Waals surface area contributed by atoms with Crippen LogP contribution in [0.1, 0.15) is 23.1 Å². The lowest BCUT2D eigenvalue weighted by atomic mass is 9.93.